The van der Waals surface area contributed by atoms with E-state index in [1.54, 1.807) is 30.3 Å². The Morgan fingerprint density at radius 1 is 1.63 bits per heavy atom. The van der Waals surface area contributed by atoms with E-state index in [9.17, 15) is 4.79 Å². The third-order valence-electron chi connectivity index (χ3n) is 3.40. The van der Waals surface area contributed by atoms with Crippen LogP contribution in [0.5, 0.6) is 0 Å². The lowest BCUT2D eigenvalue weighted by atomic mass is 10.0. The van der Waals surface area contributed by atoms with Gasteiger partial charge in [0, 0.05) is 39.0 Å². The Morgan fingerprint density at radius 3 is 3.16 bits per heavy atom. The summed E-state index contributed by atoms with van der Waals surface area (Å²) in [5, 5.41) is 2.94. The molecule has 0 spiro atoms. The summed E-state index contributed by atoms with van der Waals surface area (Å²) in [6, 6.07) is 3.52. The fourth-order valence-electron chi connectivity index (χ4n) is 2.34. The normalized spacial score (nSPS) is 18.9. The van der Waals surface area contributed by atoms with Crippen molar-refractivity contribution >= 4 is 11.7 Å². The van der Waals surface area contributed by atoms with Crippen LogP contribution in [0.4, 0.5) is 5.82 Å². The van der Waals surface area contributed by atoms with E-state index in [0.717, 1.165) is 32.6 Å². The second-order valence-electron chi connectivity index (χ2n) is 4.95. The zero-order valence-electron chi connectivity index (χ0n) is 11.6. The van der Waals surface area contributed by atoms with E-state index in [1.807, 2.05) is 7.05 Å². The third kappa shape index (κ3) is 3.67. The van der Waals surface area contributed by atoms with Crippen LogP contribution in [0.2, 0.25) is 0 Å². The highest BCUT2D eigenvalue weighted by Crippen LogP contribution is 2.16. The minimum Gasteiger partial charge on any atom is -0.381 e. The summed E-state index contributed by atoms with van der Waals surface area (Å²) in [7, 11) is 3.64. The number of ether oxygens (including phenoxy) is 1. The molecule has 0 aromatic carbocycles. The van der Waals surface area contributed by atoms with Gasteiger partial charge in [0.2, 0.25) is 0 Å². The van der Waals surface area contributed by atoms with E-state index in [1.165, 1.54) is 0 Å². The molecule has 1 atom stereocenters. The molecule has 1 saturated heterocycles. The topological polar surface area (TPSA) is 54.5 Å². The van der Waals surface area contributed by atoms with Gasteiger partial charge >= 0.3 is 0 Å². The van der Waals surface area contributed by atoms with Crippen LogP contribution in [0.15, 0.2) is 18.3 Å². The van der Waals surface area contributed by atoms with Gasteiger partial charge in [-0.1, -0.05) is 0 Å². The monoisotopic (exact) mass is 263 g/mol. The summed E-state index contributed by atoms with van der Waals surface area (Å²) in [6.45, 7) is 2.36. The molecule has 0 radical (unpaired) electrons. The predicted molar refractivity (Wildman–Crippen MR) is 74.3 cm³/mol. The molecule has 5 heteroatoms. The Balaban J connectivity index is 1.97. The number of nitrogens with zero attached hydrogens (tertiary/aromatic N) is 2. The van der Waals surface area contributed by atoms with Gasteiger partial charge in [-0.25, -0.2) is 4.98 Å². The van der Waals surface area contributed by atoms with Crippen molar-refractivity contribution in [2.75, 3.05) is 39.2 Å². The Bertz CT molecular complexity index is 430. The lowest BCUT2D eigenvalue weighted by Crippen LogP contribution is -2.35. The zero-order chi connectivity index (χ0) is 13.7. The molecule has 0 bridgehead atoms. The number of hydrogen-bond acceptors (Lipinski definition) is 4. The second-order valence-corrected chi connectivity index (χ2v) is 4.95. The van der Waals surface area contributed by atoms with E-state index in [4.69, 9.17) is 4.74 Å². The van der Waals surface area contributed by atoms with Crippen molar-refractivity contribution in [1.82, 2.24) is 9.88 Å². The maximum Gasteiger partial charge on any atom is 0.253 e. The molecule has 19 heavy (non-hydrogen) atoms. The van der Waals surface area contributed by atoms with Gasteiger partial charge in [0.1, 0.15) is 5.82 Å². The molecule has 1 aliphatic heterocycles. The Kier molecular flexibility index (Phi) is 4.74. The first-order valence-electron chi connectivity index (χ1n) is 6.67. The number of carbonyl (C=O) groups excluding carboxylic acids is 1. The molecule has 0 saturated carbocycles. The standard InChI is InChI=1S/C14H21N3O2/c1-15-13-8-12(5-6-16-13)14(18)17(2)9-11-4-3-7-19-10-11/h5-6,8,11H,3-4,7,9-10H2,1-2H3,(H,15,16). The molecule has 1 aromatic heterocycles. The number of rotatable bonds is 4. The van der Waals surface area contributed by atoms with Gasteiger partial charge < -0.3 is 15.0 Å². The van der Waals surface area contributed by atoms with Crippen molar-refractivity contribution < 1.29 is 9.53 Å². The van der Waals surface area contributed by atoms with Crippen LogP contribution >= 0.6 is 0 Å². The van der Waals surface area contributed by atoms with Gasteiger partial charge in [0.15, 0.2) is 0 Å². The number of carbonyl (C=O) groups is 1. The van der Waals surface area contributed by atoms with Crippen molar-refractivity contribution in [3.05, 3.63) is 23.9 Å². The van der Waals surface area contributed by atoms with Crippen LogP contribution in [0.1, 0.15) is 23.2 Å². The molecular formula is C14H21N3O2. The van der Waals surface area contributed by atoms with Gasteiger partial charge in [0.05, 0.1) is 6.61 Å². The van der Waals surface area contributed by atoms with Crippen molar-refractivity contribution in [2.45, 2.75) is 12.8 Å². The summed E-state index contributed by atoms with van der Waals surface area (Å²) in [6.07, 6.45) is 3.87. The molecule has 0 aliphatic carbocycles. The average Bonchev–Trinajstić information content (AvgIpc) is 2.47. The van der Waals surface area contributed by atoms with E-state index in [0.29, 0.717) is 17.3 Å². The first kappa shape index (κ1) is 13.8. The summed E-state index contributed by atoms with van der Waals surface area (Å²) in [5.74, 6) is 1.19. The van der Waals surface area contributed by atoms with Gasteiger partial charge in [0.25, 0.3) is 5.91 Å². The predicted octanol–water partition coefficient (Wildman–Crippen LogP) is 1.62. The quantitative estimate of drug-likeness (QED) is 0.897. The van der Waals surface area contributed by atoms with Crippen molar-refractivity contribution in [1.29, 1.82) is 0 Å². The van der Waals surface area contributed by atoms with Crippen LogP contribution in [0.25, 0.3) is 0 Å². The van der Waals surface area contributed by atoms with Gasteiger partial charge in [-0.2, -0.15) is 0 Å². The van der Waals surface area contributed by atoms with Crippen LogP contribution in [0, 0.1) is 5.92 Å². The van der Waals surface area contributed by atoms with Crippen LogP contribution in [-0.4, -0.2) is 49.6 Å². The fraction of sp³-hybridized carbons (Fsp3) is 0.571. The molecule has 1 N–H and O–H groups in total. The molecule has 1 aromatic rings. The van der Waals surface area contributed by atoms with E-state index in [-0.39, 0.29) is 5.91 Å². The van der Waals surface area contributed by atoms with Crippen LogP contribution < -0.4 is 5.32 Å². The van der Waals surface area contributed by atoms with E-state index >= 15 is 0 Å². The molecule has 1 amide bonds. The lowest BCUT2D eigenvalue weighted by molar-refractivity contribution is 0.0388. The Labute approximate surface area is 114 Å². The fourth-order valence-corrected chi connectivity index (χ4v) is 2.34. The molecule has 104 valence electrons. The average molecular weight is 263 g/mol. The third-order valence-corrected chi connectivity index (χ3v) is 3.40. The minimum absolute atomic E-state index is 0.0319. The zero-order valence-corrected chi connectivity index (χ0v) is 11.6. The number of hydrogen-bond donors (Lipinski definition) is 1. The van der Waals surface area contributed by atoms with E-state index < -0.39 is 0 Å². The highest BCUT2D eigenvalue weighted by atomic mass is 16.5. The maximum atomic E-state index is 12.3. The van der Waals surface area contributed by atoms with Crippen LogP contribution in [0.3, 0.4) is 0 Å². The molecule has 1 fully saturated rings. The second kappa shape index (κ2) is 6.52. The highest BCUT2D eigenvalue weighted by Gasteiger charge is 2.19. The van der Waals surface area contributed by atoms with Gasteiger partial charge in [-0.3, -0.25) is 4.79 Å². The summed E-state index contributed by atoms with van der Waals surface area (Å²) < 4.78 is 5.45. The maximum absolute atomic E-state index is 12.3. The number of nitrogens with one attached hydrogen (secondary N) is 1. The summed E-state index contributed by atoms with van der Waals surface area (Å²) in [4.78, 5) is 18.2. The van der Waals surface area contributed by atoms with Gasteiger partial charge in [-0.15, -0.1) is 0 Å². The lowest BCUT2D eigenvalue weighted by Gasteiger charge is -2.27. The summed E-state index contributed by atoms with van der Waals surface area (Å²) >= 11 is 0. The molecule has 1 unspecified atom stereocenters. The Morgan fingerprint density at radius 2 is 2.47 bits per heavy atom. The smallest absolute Gasteiger partial charge is 0.253 e. The van der Waals surface area contributed by atoms with Gasteiger partial charge in [-0.05, 0) is 30.9 Å². The minimum atomic E-state index is 0.0319. The van der Waals surface area contributed by atoms with Crippen molar-refractivity contribution in [2.24, 2.45) is 5.92 Å². The SMILES string of the molecule is CNc1cc(C(=O)N(C)CC2CCCOC2)ccn1. The highest BCUT2D eigenvalue weighted by molar-refractivity contribution is 5.94. The number of amides is 1. The first-order valence-corrected chi connectivity index (χ1v) is 6.67. The number of aromatic nitrogens is 1. The molecular weight excluding hydrogens is 242 g/mol. The molecule has 2 rings (SSSR count). The molecule has 1 aliphatic rings. The van der Waals surface area contributed by atoms with Crippen LogP contribution in [-0.2, 0) is 4.74 Å². The van der Waals surface area contributed by atoms with Crippen molar-refractivity contribution in [3.8, 4) is 0 Å². The largest absolute Gasteiger partial charge is 0.381 e. The number of pyridine rings is 1. The Hall–Kier alpha value is -1.62. The summed E-state index contributed by atoms with van der Waals surface area (Å²) in [5.41, 5.74) is 0.665. The first-order chi connectivity index (χ1) is 9.20. The number of anilines is 1. The van der Waals surface area contributed by atoms with E-state index in [2.05, 4.69) is 10.3 Å². The molecule has 2 heterocycles. The molecule has 5 nitrogen and oxygen atoms in total. The van der Waals surface area contributed by atoms with Crippen molar-refractivity contribution in [3.63, 3.8) is 0 Å².